The smallest absolute Gasteiger partial charge is 0.164 e. The maximum absolute atomic E-state index is 5.17. The number of benzene rings is 7. The molecular weight excluding hydrogens is 709 g/mol. The first-order valence-electron chi connectivity index (χ1n) is 19.4. The molecule has 11 rings (SSSR count). The van der Waals surface area contributed by atoms with Crippen LogP contribution < -0.4 is 5.32 Å². The van der Waals surface area contributed by atoms with Crippen LogP contribution in [0.15, 0.2) is 188 Å². The van der Waals surface area contributed by atoms with Gasteiger partial charge in [0.2, 0.25) is 0 Å². The molecule has 0 amide bonds. The molecule has 0 radical (unpaired) electrons. The lowest BCUT2D eigenvalue weighted by Gasteiger charge is -2.24. The number of aromatic nitrogens is 5. The van der Waals surface area contributed by atoms with Crippen LogP contribution in [-0.2, 0) is 0 Å². The van der Waals surface area contributed by atoms with Crippen molar-refractivity contribution < 1.29 is 0 Å². The zero-order chi connectivity index (χ0) is 38.4. The molecule has 6 heteroatoms. The molecule has 4 heterocycles. The van der Waals surface area contributed by atoms with Crippen LogP contribution in [0.2, 0.25) is 0 Å². The minimum atomic E-state index is -0.0400. The summed E-state index contributed by atoms with van der Waals surface area (Å²) < 4.78 is 0. The molecule has 58 heavy (non-hydrogen) atoms. The van der Waals surface area contributed by atoms with Crippen LogP contribution in [0.3, 0.4) is 0 Å². The van der Waals surface area contributed by atoms with Gasteiger partial charge in [-0.2, -0.15) is 0 Å². The predicted molar refractivity (Wildman–Crippen MR) is 237 cm³/mol. The highest BCUT2D eigenvalue weighted by atomic mass is 15.0. The predicted octanol–water partition coefficient (Wildman–Crippen LogP) is 12.6. The van der Waals surface area contributed by atoms with Crippen LogP contribution in [0.25, 0.3) is 95.2 Å². The van der Waals surface area contributed by atoms with E-state index in [4.69, 9.17) is 24.9 Å². The number of anilines is 1. The average molecular weight is 743 g/mol. The Morgan fingerprint density at radius 3 is 1.90 bits per heavy atom. The quantitative estimate of drug-likeness (QED) is 0.171. The molecule has 1 unspecified atom stereocenters. The van der Waals surface area contributed by atoms with Gasteiger partial charge >= 0.3 is 0 Å². The first kappa shape index (κ1) is 33.5. The summed E-state index contributed by atoms with van der Waals surface area (Å²) >= 11 is 0. The van der Waals surface area contributed by atoms with Gasteiger partial charge in [-0.15, -0.1) is 0 Å². The fourth-order valence-electron chi connectivity index (χ4n) is 7.91. The van der Waals surface area contributed by atoms with Crippen molar-refractivity contribution in [3.8, 4) is 56.5 Å². The molecule has 10 aromatic rings. The van der Waals surface area contributed by atoms with Crippen LogP contribution in [0.1, 0.15) is 17.2 Å². The van der Waals surface area contributed by atoms with Crippen molar-refractivity contribution in [3.05, 3.63) is 199 Å². The van der Waals surface area contributed by atoms with Gasteiger partial charge in [0.05, 0.1) is 22.8 Å². The van der Waals surface area contributed by atoms with Gasteiger partial charge in [-0.05, 0) is 64.0 Å². The Morgan fingerprint density at radius 1 is 0.431 bits per heavy atom. The van der Waals surface area contributed by atoms with Crippen LogP contribution in [0.5, 0.6) is 0 Å². The van der Waals surface area contributed by atoms with E-state index in [1.54, 1.807) is 0 Å². The molecule has 0 saturated heterocycles. The largest absolute Gasteiger partial charge is 0.374 e. The van der Waals surface area contributed by atoms with Crippen molar-refractivity contribution >= 4 is 44.3 Å². The van der Waals surface area contributed by atoms with Crippen molar-refractivity contribution in [2.75, 3.05) is 5.32 Å². The van der Waals surface area contributed by atoms with Crippen molar-refractivity contribution in [2.45, 2.75) is 6.04 Å². The van der Waals surface area contributed by atoms with Gasteiger partial charge in [0.25, 0.3) is 0 Å². The van der Waals surface area contributed by atoms with Gasteiger partial charge < -0.3 is 5.32 Å². The Kier molecular flexibility index (Phi) is 8.11. The molecule has 3 aromatic heterocycles. The normalized spacial score (nSPS) is 13.4. The molecule has 1 atom stereocenters. The summed E-state index contributed by atoms with van der Waals surface area (Å²) in [7, 11) is 0. The third kappa shape index (κ3) is 6.23. The second-order valence-corrected chi connectivity index (χ2v) is 14.6. The summed E-state index contributed by atoms with van der Waals surface area (Å²) in [6.07, 6.45) is 6.27. The van der Waals surface area contributed by atoms with E-state index >= 15 is 0 Å². The van der Waals surface area contributed by atoms with E-state index in [1.807, 2.05) is 72.9 Å². The van der Waals surface area contributed by atoms with E-state index in [-0.39, 0.29) is 6.04 Å². The van der Waals surface area contributed by atoms with Crippen LogP contribution in [0.4, 0.5) is 5.69 Å². The minimum absolute atomic E-state index is 0.0400. The first-order valence-corrected chi connectivity index (χ1v) is 19.4. The molecular formula is C52H34N6. The average Bonchev–Trinajstić information content (AvgIpc) is 3.31. The number of nitrogens with one attached hydrogen (secondary N) is 1. The molecule has 0 fully saturated rings. The number of pyridine rings is 2. The van der Waals surface area contributed by atoms with Crippen LogP contribution in [0, 0.1) is 0 Å². The van der Waals surface area contributed by atoms with Crippen LogP contribution >= 0.6 is 0 Å². The molecule has 0 aliphatic carbocycles. The summed E-state index contributed by atoms with van der Waals surface area (Å²) in [6, 6.07) is 60.9. The lowest BCUT2D eigenvalue weighted by atomic mass is 9.95. The van der Waals surface area contributed by atoms with E-state index in [1.165, 1.54) is 5.39 Å². The molecule has 7 aromatic carbocycles. The minimum Gasteiger partial charge on any atom is -0.374 e. The second-order valence-electron chi connectivity index (χ2n) is 14.6. The van der Waals surface area contributed by atoms with Gasteiger partial charge in [0.15, 0.2) is 17.5 Å². The maximum atomic E-state index is 5.17. The highest BCUT2D eigenvalue weighted by molar-refractivity contribution is 6.06. The standard InChI is InChI=1S/C52H34N6/c1-3-9-37(10-4-1)50-56-51(38-11-5-2-6-12-38)58-52(57-50)43-14-7-13-41(29-43)45-26-24-34-18-21-39(31-47(34)54-45)40-22-19-35-25-27-46(55-48(35)32-40)42-23-17-33-16-20-36-15-8-28-53-49(36)44(33)30-42/h1-32,45,54H. The van der Waals surface area contributed by atoms with Crippen molar-refractivity contribution in [1.29, 1.82) is 0 Å². The summed E-state index contributed by atoms with van der Waals surface area (Å²) in [6.45, 7) is 0. The highest BCUT2D eigenvalue weighted by Gasteiger charge is 2.18. The summed E-state index contributed by atoms with van der Waals surface area (Å²) in [4.78, 5) is 24.7. The van der Waals surface area contributed by atoms with Gasteiger partial charge in [-0.1, -0.05) is 152 Å². The van der Waals surface area contributed by atoms with Crippen LogP contribution in [-0.4, -0.2) is 24.9 Å². The van der Waals surface area contributed by atoms with E-state index < -0.39 is 0 Å². The Morgan fingerprint density at radius 2 is 1.09 bits per heavy atom. The van der Waals surface area contributed by atoms with Gasteiger partial charge in [0, 0.05) is 50.3 Å². The molecule has 272 valence electrons. The summed E-state index contributed by atoms with van der Waals surface area (Å²) in [5, 5.41) is 8.34. The second kappa shape index (κ2) is 14.0. The van der Waals surface area contributed by atoms with E-state index in [0.717, 1.165) is 83.1 Å². The molecule has 1 N–H and O–H groups in total. The lowest BCUT2D eigenvalue weighted by Crippen LogP contribution is -2.12. The highest BCUT2D eigenvalue weighted by Crippen LogP contribution is 2.36. The van der Waals surface area contributed by atoms with Gasteiger partial charge in [0.1, 0.15) is 0 Å². The van der Waals surface area contributed by atoms with E-state index in [0.29, 0.717) is 17.5 Å². The van der Waals surface area contributed by atoms with E-state index in [2.05, 4.69) is 127 Å². The molecule has 1 aliphatic heterocycles. The fourth-order valence-corrected chi connectivity index (χ4v) is 7.91. The van der Waals surface area contributed by atoms with Gasteiger partial charge in [-0.25, -0.2) is 19.9 Å². The number of fused-ring (bicyclic) bond motifs is 5. The topological polar surface area (TPSA) is 76.5 Å². The third-order valence-corrected chi connectivity index (χ3v) is 10.9. The number of nitrogens with zero attached hydrogens (tertiary/aromatic N) is 5. The zero-order valence-electron chi connectivity index (χ0n) is 31.3. The van der Waals surface area contributed by atoms with Crippen molar-refractivity contribution in [1.82, 2.24) is 24.9 Å². The maximum Gasteiger partial charge on any atom is 0.164 e. The monoisotopic (exact) mass is 742 g/mol. The summed E-state index contributed by atoms with van der Waals surface area (Å²) in [5.74, 6) is 1.93. The fraction of sp³-hybridized carbons (Fsp3) is 0.0192. The molecule has 0 spiro atoms. The summed E-state index contributed by atoms with van der Waals surface area (Å²) in [5.41, 5.74) is 12.4. The molecule has 0 saturated carbocycles. The third-order valence-electron chi connectivity index (χ3n) is 10.9. The van der Waals surface area contributed by atoms with Gasteiger partial charge in [-0.3, -0.25) is 4.98 Å². The Bertz CT molecular complexity index is 3160. The number of rotatable bonds is 6. The number of hydrogen-bond acceptors (Lipinski definition) is 6. The number of hydrogen-bond donors (Lipinski definition) is 1. The zero-order valence-corrected chi connectivity index (χ0v) is 31.3. The van der Waals surface area contributed by atoms with E-state index in [9.17, 15) is 0 Å². The SMILES string of the molecule is C1=CC(c2cccc(-c3nc(-c4ccccc4)nc(-c4ccccc4)n3)c2)Nc2cc(-c3ccc4ccc(-c5ccc6ccc7cccnc7c6c5)nc4c3)ccc21. The first-order chi connectivity index (χ1) is 28.7. The molecule has 0 bridgehead atoms. The Hall–Kier alpha value is -7.83. The molecule has 6 nitrogen and oxygen atoms in total. The van der Waals surface area contributed by atoms with Crippen molar-refractivity contribution in [3.63, 3.8) is 0 Å². The lowest BCUT2D eigenvalue weighted by molar-refractivity contribution is 0.977. The Balaban J connectivity index is 0.897. The van der Waals surface area contributed by atoms with Crippen molar-refractivity contribution in [2.24, 2.45) is 0 Å². The molecule has 1 aliphatic rings. The Labute approximate surface area is 335 Å².